The molecule has 0 fully saturated rings. The van der Waals surface area contributed by atoms with Crippen LogP contribution in [0, 0.1) is 0 Å². The Morgan fingerprint density at radius 3 is 1.49 bits per heavy atom. The van der Waals surface area contributed by atoms with Crippen LogP contribution in [0.15, 0.2) is 60.4 Å². The Bertz CT molecular complexity index is 1510. The Morgan fingerprint density at radius 1 is 0.702 bits per heavy atom. The fourth-order valence-corrected chi connectivity index (χ4v) is 3.55. The molecule has 0 aliphatic carbocycles. The fraction of sp³-hybridized carbons (Fsp3) is 0.258. The van der Waals surface area contributed by atoms with E-state index in [0.29, 0.717) is 11.1 Å². The van der Waals surface area contributed by atoms with Crippen molar-refractivity contribution in [3.05, 3.63) is 71.5 Å². The van der Waals surface area contributed by atoms with Gasteiger partial charge in [0.1, 0.15) is 17.8 Å². The zero-order valence-corrected chi connectivity index (χ0v) is 27.2. The predicted octanol–water partition coefficient (Wildman–Crippen LogP) is 2.28. The highest BCUT2D eigenvalue weighted by Gasteiger charge is 2.20. The molecule has 0 radical (unpaired) electrons. The zero-order chi connectivity index (χ0) is 33.5. The maximum Gasteiger partial charge on any atom is 0.328 e. The van der Waals surface area contributed by atoms with Crippen LogP contribution in [0.5, 0.6) is 23.0 Å². The van der Waals surface area contributed by atoms with Gasteiger partial charge in [0.15, 0.2) is 28.8 Å². The molecule has 0 unspecified atom stereocenters. The second-order valence-electron chi connectivity index (χ2n) is 9.52. The van der Waals surface area contributed by atoms with Crippen molar-refractivity contribution in [3.8, 4) is 23.0 Å². The highest BCUT2D eigenvalue weighted by atomic mass is 35.5. The van der Waals surface area contributed by atoms with E-state index in [4.69, 9.17) is 41.9 Å². The van der Waals surface area contributed by atoms with Crippen molar-refractivity contribution in [1.29, 1.82) is 0 Å². The van der Waals surface area contributed by atoms with Gasteiger partial charge < -0.3 is 47.0 Å². The number of hydrogen-bond acceptors (Lipinski definition) is 12. The van der Waals surface area contributed by atoms with Crippen molar-refractivity contribution in [2.24, 2.45) is 22.9 Å². The van der Waals surface area contributed by atoms with E-state index in [0.717, 1.165) is 6.08 Å². The fourth-order valence-electron chi connectivity index (χ4n) is 3.55. The van der Waals surface area contributed by atoms with Gasteiger partial charge in [0, 0.05) is 18.9 Å². The minimum Gasteiger partial charge on any atom is -0.508 e. The first-order valence-electron chi connectivity index (χ1n) is 13.5. The maximum atomic E-state index is 12.4. The standard InChI is InChI=1S/C31H36N4O10.2ClH/c1-42-26-15-18(5-11-24(26)44-30(40)22(32)9-13-28(34)38)3-7-20(36)17-21(37)8-4-19-6-12-25(27(16-19)43-2)45-31(41)23(33)10-14-29(35)39;;/h3-8,11-12,15-17,22-23,36H,9-10,13-14,32-33H2,1-2H3,(H2,34,38)(H2,35,39);2*1H/b7-3+,8-4+,20-17-;;/t22-,23-;;/m0../s1. The molecule has 0 aliphatic rings. The Balaban J connectivity index is 0.0000106. The Morgan fingerprint density at radius 2 is 1.11 bits per heavy atom. The molecule has 256 valence electrons. The average Bonchev–Trinajstić information content (AvgIpc) is 3.00. The first-order chi connectivity index (χ1) is 21.3. The summed E-state index contributed by atoms with van der Waals surface area (Å²) in [5.41, 5.74) is 22.7. The van der Waals surface area contributed by atoms with Crippen molar-refractivity contribution in [3.63, 3.8) is 0 Å². The lowest BCUT2D eigenvalue weighted by molar-refractivity contribution is -0.137. The van der Waals surface area contributed by atoms with Gasteiger partial charge in [-0.2, -0.15) is 0 Å². The molecular formula is C31H38Cl2N4O10. The number of allylic oxidation sites excluding steroid dienone is 3. The van der Waals surface area contributed by atoms with Crippen molar-refractivity contribution in [2.45, 2.75) is 37.8 Å². The molecule has 2 aromatic carbocycles. The van der Waals surface area contributed by atoms with Gasteiger partial charge in [-0.25, -0.2) is 9.59 Å². The molecule has 0 heterocycles. The minimum absolute atomic E-state index is 0. The molecule has 2 rings (SSSR count). The molecule has 2 aromatic rings. The van der Waals surface area contributed by atoms with Crippen LogP contribution in [0.2, 0.25) is 0 Å². The third-order valence-corrected chi connectivity index (χ3v) is 5.98. The van der Waals surface area contributed by atoms with Gasteiger partial charge in [0.25, 0.3) is 0 Å². The topological polar surface area (TPSA) is 247 Å². The number of esters is 2. The Hall–Kier alpha value is -4.89. The van der Waals surface area contributed by atoms with E-state index in [-0.39, 0.29) is 79.3 Å². The van der Waals surface area contributed by atoms with Crippen LogP contribution in [0.3, 0.4) is 0 Å². The Kier molecular flexibility index (Phi) is 18.8. The second-order valence-corrected chi connectivity index (χ2v) is 9.52. The van der Waals surface area contributed by atoms with Gasteiger partial charge in [-0.3, -0.25) is 14.4 Å². The highest BCUT2D eigenvalue weighted by Crippen LogP contribution is 2.30. The van der Waals surface area contributed by atoms with E-state index in [1.54, 1.807) is 12.1 Å². The van der Waals surface area contributed by atoms with Crippen LogP contribution in [-0.4, -0.2) is 60.9 Å². The van der Waals surface area contributed by atoms with Crippen LogP contribution >= 0.6 is 24.8 Å². The number of carbonyl (C=O) groups excluding carboxylic acids is 5. The summed E-state index contributed by atoms with van der Waals surface area (Å²) in [4.78, 5) is 58.6. The van der Waals surface area contributed by atoms with Gasteiger partial charge in [0.2, 0.25) is 11.8 Å². The number of aliphatic hydroxyl groups excluding tert-OH is 1. The van der Waals surface area contributed by atoms with Crippen LogP contribution in [0.4, 0.5) is 0 Å². The molecule has 0 bridgehead atoms. The summed E-state index contributed by atoms with van der Waals surface area (Å²) in [6.45, 7) is 0. The lowest BCUT2D eigenvalue weighted by atomic mass is 10.1. The monoisotopic (exact) mass is 696 g/mol. The van der Waals surface area contributed by atoms with Crippen molar-refractivity contribution in [1.82, 2.24) is 0 Å². The Labute approximate surface area is 283 Å². The molecule has 0 saturated heterocycles. The molecule has 0 aromatic heterocycles. The van der Waals surface area contributed by atoms with Crippen LogP contribution < -0.4 is 41.9 Å². The third kappa shape index (κ3) is 14.8. The number of amides is 2. The van der Waals surface area contributed by atoms with E-state index < -0.39 is 41.6 Å². The first-order valence-corrected chi connectivity index (χ1v) is 13.5. The number of halogens is 2. The molecule has 47 heavy (non-hydrogen) atoms. The number of nitrogens with two attached hydrogens (primary N) is 4. The van der Waals surface area contributed by atoms with E-state index in [1.807, 2.05) is 0 Å². The number of benzene rings is 2. The SMILES string of the molecule is COc1cc(/C=C/C(=O)/C=C(O)/C=C/c2ccc(OC(=O)[C@@H](N)CCC(N)=O)c(OC)c2)ccc1OC(=O)[C@@H](N)CCC(N)=O.Cl.Cl. The number of ketones is 1. The smallest absolute Gasteiger partial charge is 0.328 e. The van der Waals surface area contributed by atoms with Gasteiger partial charge in [-0.1, -0.05) is 24.3 Å². The molecule has 16 heteroatoms. The largest absolute Gasteiger partial charge is 0.508 e. The quantitative estimate of drug-likeness (QED) is 0.0525. The molecule has 0 saturated carbocycles. The number of hydrogen-bond donors (Lipinski definition) is 5. The van der Waals surface area contributed by atoms with E-state index in [2.05, 4.69) is 0 Å². The summed E-state index contributed by atoms with van der Waals surface area (Å²) >= 11 is 0. The van der Waals surface area contributed by atoms with Gasteiger partial charge >= 0.3 is 11.9 Å². The predicted molar refractivity (Wildman–Crippen MR) is 178 cm³/mol. The van der Waals surface area contributed by atoms with Crippen molar-refractivity contribution >= 4 is 66.5 Å². The van der Waals surface area contributed by atoms with Crippen LogP contribution in [0.1, 0.15) is 36.8 Å². The second kappa shape index (κ2) is 21.0. The lowest BCUT2D eigenvalue weighted by Crippen LogP contribution is -2.35. The van der Waals surface area contributed by atoms with Crippen LogP contribution in [0.25, 0.3) is 12.2 Å². The summed E-state index contributed by atoms with van der Waals surface area (Å²) in [6.07, 6.45) is 6.39. The normalized spacial score (nSPS) is 12.3. The number of aliphatic hydroxyl groups is 1. The van der Waals surface area contributed by atoms with Crippen LogP contribution in [-0.2, 0) is 24.0 Å². The minimum atomic E-state index is -1.05. The summed E-state index contributed by atoms with van der Waals surface area (Å²) in [7, 11) is 2.74. The average molecular weight is 698 g/mol. The molecule has 2 amide bonds. The summed E-state index contributed by atoms with van der Waals surface area (Å²) in [6, 6.07) is 7.02. The van der Waals surface area contributed by atoms with E-state index in [9.17, 15) is 29.1 Å². The van der Waals surface area contributed by atoms with Gasteiger partial charge in [-0.15, -0.1) is 24.8 Å². The first kappa shape index (κ1) is 42.1. The summed E-state index contributed by atoms with van der Waals surface area (Å²) in [5, 5.41) is 10.2. The number of primary amides is 2. The zero-order valence-electron chi connectivity index (χ0n) is 25.6. The molecule has 9 N–H and O–H groups in total. The van der Waals surface area contributed by atoms with Gasteiger partial charge in [0.05, 0.1) is 14.2 Å². The van der Waals surface area contributed by atoms with E-state index in [1.165, 1.54) is 62.8 Å². The lowest BCUT2D eigenvalue weighted by Gasteiger charge is -2.13. The molecule has 0 spiro atoms. The summed E-state index contributed by atoms with van der Waals surface area (Å²) < 4.78 is 21.0. The highest BCUT2D eigenvalue weighted by molar-refractivity contribution is 6.02. The molecule has 14 nitrogen and oxygen atoms in total. The molecule has 2 atom stereocenters. The van der Waals surface area contributed by atoms with Gasteiger partial charge in [-0.05, 0) is 60.4 Å². The number of methoxy groups -OCH3 is 2. The maximum absolute atomic E-state index is 12.4. The summed E-state index contributed by atoms with van der Waals surface area (Å²) in [5.74, 6) is -2.98. The number of rotatable bonds is 17. The van der Waals surface area contributed by atoms with Crippen molar-refractivity contribution < 1.29 is 48.0 Å². The van der Waals surface area contributed by atoms with Crippen molar-refractivity contribution in [2.75, 3.05) is 14.2 Å². The number of carbonyl (C=O) groups is 5. The third-order valence-electron chi connectivity index (χ3n) is 5.98. The molecule has 0 aliphatic heterocycles. The number of ether oxygens (including phenoxy) is 4. The van der Waals surface area contributed by atoms with E-state index >= 15 is 0 Å². The molecular weight excluding hydrogens is 659 g/mol.